The van der Waals surface area contributed by atoms with Crippen LogP contribution < -0.4 is 15.4 Å². The maximum Gasteiger partial charge on any atom is 0.262 e. The highest BCUT2D eigenvalue weighted by atomic mass is 32.2. The minimum atomic E-state index is -0.263. The second-order valence-corrected chi connectivity index (χ2v) is 5.63. The van der Waals surface area contributed by atoms with Crippen molar-refractivity contribution < 1.29 is 14.3 Å². The summed E-state index contributed by atoms with van der Waals surface area (Å²) >= 11 is 1.61. The van der Waals surface area contributed by atoms with E-state index in [1.807, 2.05) is 30.5 Å². The molecule has 2 rings (SSSR count). The van der Waals surface area contributed by atoms with E-state index in [2.05, 4.69) is 10.6 Å². The largest absolute Gasteiger partial charge is 0.482 e. The average molecular weight is 330 g/mol. The number of para-hydroxylation sites is 2. The summed E-state index contributed by atoms with van der Waals surface area (Å²) in [5.74, 6) is -0.00372. The Morgan fingerprint density at radius 3 is 2.61 bits per heavy atom. The maximum atomic E-state index is 12.0. The number of ether oxygens (including phenoxy) is 1. The van der Waals surface area contributed by atoms with Crippen LogP contribution in [0, 0.1) is 0 Å². The summed E-state index contributed by atoms with van der Waals surface area (Å²) in [6.45, 7) is 1.28. The molecule has 0 heterocycles. The number of hydrogen-bond acceptors (Lipinski definition) is 4. The van der Waals surface area contributed by atoms with Crippen molar-refractivity contribution in [1.29, 1.82) is 0 Å². The Kier molecular flexibility index (Phi) is 6.05. The monoisotopic (exact) mass is 330 g/mol. The first-order valence-corrected chi connectivity index (χ1v) is 8.24. The van der Waals surface area contributed by atoms with Crippen molar-refractivity contribution in [3.8, 4) is 5.75 Å². The van der Waals surface area contributed by atoms with E-state index in [9.17, 15) is 9.59 Å². The molecule has 5 nitrogen and oxygen atoms in total. The molecule has 6 heteroatoms. The average Bonchev–Trinajstić information content (AvgIpc) is 2.53. The summed E-state index contributed by atoms with van der Waals surface area (Å²) in [5.41, 5.74) is 1.26. The Balaban J connectivity index is 1.95. The molecule has 0 aliphatic heterocycles. The first-order valence-electron chi connectivity index (χ1n) is 7.02. The number of carbonyl (C=O) groups is 2. The molecule has 0 fully saturated rings. The van der Waals surface area contributed by atoms with E-state index in [1.165, 1.54) is 6.92 Å². The molecule has 0 saturated heterocycles. The fraction of sp³-hybridized carbons (Fsp3) is 0.176. The number of carbonyl (C=O) groups excluding carboxylic acids is 2. The molecule has 0 bridgehead atoms. The summed E-state index contributed by atoms with van der Waals surface area (Å²) < 4.78 is 5.50. The van der Waals surface area contributed by atoms with E-state index in [-0.39, 0.29) is 18.4 Å². The zero-order chi connectivity index (χ0) is 16.7. The zero-order valence-electron chi connectivity index (χ0n) is 13.0. The summed E-state index contributed by atoms with van der Waals surface area (Å²) in [7, 11) is 0. The van der Waals surface area contributed by atoms with Gasteiger partial charge in [0.1, 0.15) is 5.75 Å². The van der Waals surface area contributed by atoms with Crippen molar-refractivity contribution in [3.05, 3.63) is 48.5 Å². The van der Waals surface area contributed by atoms with Gasteiger partial charge in [0, 0.05) is 17.5 Å². The molecule has 0 aliphatic rings. The number of anilines is 2. The highest BCUT2D eigenvalue weighted by molar-refractivity contribution is 7.98. The Morgan fingerprint density at radius 2 is 1.87 bits per heavy atom. The Bertz CT molecular complexity index is 704. The number of rotatable bonds is 6. The predicted molar refractivity (Wildman–Crippen MR) is 93.1 cm³/mol. The fourth-order valence-corrected chi connectivity index (χ4v) is 2.39. The minimum absolute atomic E-state index is 0.139. The van der Waals surface area contributed by atoms with E-state index in [0.717, 1.165) is 10.6 Å². The van der Waals surface area contributed by atoms with Crippen LogP contribution >= 0.6 is 11.8 Å². The molecule has 2 N–H and O–H groups in total. The molecule has 23 heavy (non-hydrogen) atoms. The Hall–Kier alpha value is -2.47. The van der Waals surface area contributed by atoms with Crippen LogP contribution in [0.2, 0.25) is 0 Å². The van der Waals surface area contributed by atoms with Crippen molar-refractivity contribution in [2.24, 2.45) is 0 Å². The van der Waals surface area contributed by atoms with Crippen LogP contribution in [0.4, 0.5) is 11.4 Å². The molecule has 0 aliphatic carbocycles. The van der Waals surface area contributed by atoms with Crippen LogP contribution in [-0.2, 0) is 9.59 Å². The second-order valence-electron chi connectivity index (χ2n) is 4.75. The van der Waals surface area contributed by atoms with Crippen molar-refractivity contribution >= 4 is 35.0 Å². The van der Waals surface area contributed by atoms with Gasteiger partial charge in [-0.25, -0.2) is 0 Å². The lowest BCUT2D eigenvalue weighted by Gasteiger charge is -2.12. The third kappa shape index (κ3) is 5.34. The van der Waals surface area contributed by atoms with E-state index in [0.29, 0.717) is 11.4 Å². The topological polar surface area (TPSA) is 67.4 Å². The molecule has 0 atom stereocenters. The van der Waals surface area contributed by atoms with Gasteiger partial charge in [0.15, 0.2) is 6.61 Å². The highest BCUT2D eigenvalue weighted by Crippen LogP contribution is 2.24. The van der Waals surface area contributed by atoms with Crippen LogP contribution in [0.25, 0.3) is 0 Å². The first kappa shape index (κ1) is 16.9. The standard InChI is InChI=1S/C17H18N2O3S/c1-12(20)18-15-8-3-4-9-16(15)22-11-17(21)19-13-6-5-7-14(10-13)23-2/h3-10H,11H2,1-2H3,(H,18,20)(H,19,21). The molecular formula is C17H18N2O3S. The number of hydrogen-bond donors (Lipinski definition) is 2. The predicted octanol–water partition coefficient (Wildman–Crippen LogP) is 3.38. The van der Waals surface area contributed by atoms with E-state index in [4.69, 9.17) is 4.74 Å². The summed E-state index contributed by atoms with van der Waals surface area (Å²) in [4.78, 5) is 24.2. The van der Waals surface area contributed by atoms with Crippen LogP contribution in [0.1, 0.15) is 6.92 Å². The third-order valence-electron chi connectivity index (χ3n) is 2.91. The SMILES string of the molecule is CSc1cccc(NC(=O)COc2ccccc2NC(C)=O)c1. The maximum absolute atomic E-state index is 12.0. The van der Waals surface area contributed by atoms with Gasteiger partial charge >= 0.3 is 0 Å². The van der Waals surface area contributed by atoms with E-state index < -0.39 is 0 Å². The second kappa shape index (κ2) is 8.24. The Morgan fingerprint density at radius 1 is 1.09 bits per heavy atom. The summed E-state index contributed by atoms with van der Waals surface area (Å²) in [5, 5.41) is 5.45. The number of benzene rings is 2. The lowest BCUT2D eigenvalue weighted by molar-refractivity contribution is -0.118. The molecule has 2 aromatic rings. The van der Waals surface area contributed by atoms with Gasteiger partial charge in [0.05, 0.1) is 5.69 Å². The van der Waals surface area contributed by atoms with E-state index >= 15 is 0 Å². The normalized spacial score (nSPS) is 10.0. The first-order chi connectivity index (χ1) is 11.1. The van der Waals surface area contributed by atoms with Crippen molar-refractivity contribution in [1.82, 2.24) is 0 Å². The Labute approximate surface area is 139 Å². The van der Waals surface area contributed by atoms with Gasteiger partial charge < -0.3 is 15.4 Å². The molecular weight excluding hydrogens is 312 g/mol. The molecule has 0 aromatic heterocycles. The number of amides is 2. The zero-order valence-corrected chi connectivity index (χ0v) is 13.8. The fourth-order valence-electron chi connectivity index (χ4n) is 1.93. The van der Waals surface area contributed by atoms with Crippen LogP contribution in [0.5, 0.6) is 5.75 Å². The van der Waals surface area contributed by atoms with Crippen LogP contribution in [-0.4, -0.2) is 24.7 Å². The molecule has 2 amide bonds. The van der Waals surface area contributed by atoms with E-state index in [1.54, 1.807) is 36.0 Å². The lowest BCUT2D eigenvalue weighted by Crippen LogP contribution is -2.20. The molecule has 120 valence electrons. The van der Waals surface area contributed by atoms with Gasteiger partial charge in [-0.3, -0.25) is 9.59 Å². The number of thioether (sulfide) groups is 1. The van der Waals surface area contributed by atoms with Crippen molar-refractivity contribution in [2.45, 2.75) is 11.8 Å². The molecule has 0 radical (unpaired) electrons. The number of nitrogens with one attached hydrogen (secondary N) is 2. The molecule has 2 aromatic carbocycles. The summed E-state index contributed by atoms with van der Waals surface area (Å²) in [6.07, 6.45) is 1.98. The van der Waals surface area contributed by atoms with Gasteiger partial charge in [0.25, 0.3) is 5.91 Å². The van der Waals surface area contributed by atoms with Crippen molar-refractivity contribution in [3.63, 3.8) is 0 Å². The quantitative estimate of drug-likeness (QED) is 0.797. The molecule has 0 spiro atoms. The smallest absolute Gasteiger partial charge is 0.262 e. The molecule has 0 unspecified atom stereocenters. The van der Waals surface area contributed by atoms with Crippen LogP contribution in [0.15, 0.2) is 53.4 Å². The van der Waals surface area contributed by atoms with Gasteiger partial charge in [0.2, 0.25) is 5.91 Å². The van der Waals surface area contributed by atoms with Gasteiger partial charge in [-0.2, -0.15) is 0 Å². The van der Waals surface area contributed by atoms with Crippen LogP contribution in [0.3, 0.4) is 0 Å². The molecule has 0 saturated carbocycles. The van der Waals surface area contributed by atoms with Gasteiger partial charge in [-0.1, -0.05) is 18.2 Å². The third-order valence-corrected chi connectivity index (χ3v) is 3.64. The minimum Gasteiger partial charge on any atom is -0.482 e. The van der Waals surface area contributed by atoms with Crippen molar-refractivity contribution in [2.75, 3.05) is 23.5 Å². The highest BCUT2D eigenvalue weighted by Gasteiger charge is 2.08. The summed E-state index contributed by atoms with van der Waals surface area (Å²) in [6, 6.07) is 14.6. The lowest BCUT2D eigenvalue weighted by atomic mass is 10.3. The van der Waals surface area contributed by atoms with Gasteiger partial charge in [-0.15, -0.1) is 11.8 Å². The van der Waals surface area contributed by atoms with Gasteiger partial charge in [-0.05, 0) is 36.6 Å².